The number of nitrogens with two attached hydrogens (primary N) is 1. The summed E-state index contributed by atoms with van der Waals surface area (Å²) >= 11 is 0. The fourth-order valence-corrected chi connectivity index (χ4v) is 3.46. The van der Waals surface area contributed by atoms with Gasteiger partial charge in [0.1, 0.15) is 5.54 Å². The molecule has 1 aliphatic carbocycles. The lowest BCUT2D eigenvalue weighted by Crippen LogP contribution is -2.80. The zero-order chi connectivity index (χ0) is 15.1. The lowest BCUT2D eigenvalue weighted by Gasteiger charge is -2.60. The number of rotatable bonds is 5. The van der Waals surface area contributed by atoms with E-state index < -0.39 is 28.9 Å². The molecule has 0 aromatic heterocycles. The monoisotopic (exact) mass is 286 g/mol. The van der Waals surface area contributed by atoms with Gasteiger partial charge < -0.3 is 25.6 Å². The number of carboxylic acids is 1. The molecule has 0 aromatic carbocycles. The molecule has 4 N–H and O–H groups in total. The van der Waals surface area contributed by atoms with Crippen LogP contribution >= 0.6 is 0 Å². The molecule has 4 atom stereocenters. The van der Waals surface area contributed by atoms with Crippen LogP contribution in [-0.2, 0) is 19.1 Å². The molecule has 2 aliphatic rings. The van der Waals surface area contributed by atoms with Crippen LogP contribution in [0.25, 0.3) is 0 Å². The van der Waals surface area contributed by atoms with Crippen molar-refractivity contribution in [1.82, 2.24) is 5.32 Å². The average Bonchev–Trinajstić information content (AvgIpc) is 2.84. The smallest absolute Gasteiger partial charge is 0.328 e. The lowest BCUT2D eigenvalue weighted by atomic mass is 9.48. The molecular weight excluding hydrogens is 264 g/mol. The third kappa shape index (κ3) is 1.92. The number of carbonyl (C=O) groups excluding carboxylic acids is 1. The second-order valence-corrected chi connectivity index (χ2v) is 6.10. The quantitative estimate of drug-likeness (QED) is 0.619. The van der Waals surface area contributed by atoms with Gasteiger partial charge >= 0.3 is 5.97 Å². The van der Waals surface area contributed by atoms with E-state index in [2.05, 4.69) is 5.32 Å². The molecule has 2 rings (SSSR count). The topological polar surface area (TPSA) is 111 Å². The van der Waals surface area contributed by atoms with E-state index in [1.165, 1.54) is 7.11 Å². The largest absolute Gasteiger partial charge is 0.480 e. The Morgan fingerprint density at radius 3 is 2.75 bits per heavy atom. The number of fused-ring (bicyclic) bond motifs is 1. The van der Waals surface area contributed by atoms with Gasteiger partial charge in [-0.1, -0.05) is 13.8 Å². The first kappa shape index (κ1) is 15.2. The highest BCUT2D eigenvalue weighted by Crippen LogP contribution is 2.58. The standard InChI is InChI=1S/C13H22N2O5/c1-12(2)9-7(4-5-20-9)13(12,14)11(18)15-8(6-19-3)10(16)17/h7-9H,4-6,14H2,1-3H3,(H,15,18)(H,16,17). The van der Waals surface area contributed by atoms with Gasteiger partial charge in [0.25, 0.3) is 0 Å². The van der Waals surface area contributed by atoms with Crippen molar-refractivity contribution in [3.63, 3.8) is 0 Å². The zero-order valence-electron chi connectivity index (χ0n) is 12.0. The fourth-order valence-electron chi connectivity index (χ4n) is 3.46. The first-order valence-corrected chi connectivity index (χ1v) is 6.70. The summed E-state index contributed by atoms with van der Waals surface area (Å²) in [5.41, 5.74) is 4.71. The summed E-state index contributed by atoms with van der Waals surface area (Å²) in [6, 6.07) is -1.09. The van der Waals surface area contributed by atoms with Crippen LogP contribution in [0.4, 0.5) is 0 Å². The molecule has 0 aromatic rings. The molecule has 1 heterocycles. The Balaban J connectivity index is 2.13. The van der Waals surface area contributed by atoms with Gasteiger partial charge in [-0.05, 0) is 6.42 Å². The molecular formula is C13H22N2O5. The van der Waals surface area contributed by atoms with Crippen molar-refractivity contribution in [3.05, 3.63) is 0 Å². The van der Waals surface area contributed by atoms with Crippen molar-refractivity contribution in [3.8, 4) is 0 Å². The normalized spacial score (nSPS) is 35.8. The molecule has 1 saturated heterocycles. The molecule has 20 heavy (non-hydrogen) atoms. The number of nitrogens with one attached hydrogen (secondary N) is 1. The minimum absolute atomic E-state index is 0.0380. The predicted molar refractivity (Wildman–Crippen MR) is 70.0 cm³/mol. The van der Waals surface area contributed by atoms with E-state index >= 15 is 0 Å². The molecule has 7 nitrogen and oxygen atoms in total. The number of hydrogen-bond acceptors (Lipinski definition) is 5. The molecule has 1 amide bonds. The zero-order valence-corrected chi connectivity index (χ0v) is 12.0. The van der Waals surface area contributed by atoms with Crippen molar-refractivity contribution in [1.29, 1.82) is 0 Å². The van der Waals surface area contributed by atoms with Crippen LogP contribution in [0, 0.1) is 11.3 Å². The van der Waals surface area contributed by atoms with Crippen LogP contribution in [-0.4, -0.2) is 55.0 Å². The summed E-state index contributed by atoms with van der Waals surface area (Å²) in [5, 5.41) is 11.6. The van der Waals surface area contributed by atoms with Gasteiger partial charge in [0, 0.05) is 25.0 Å². The number of aliphatic carboxylic acids is 1. The number of amides is 1. The van der Waals surface area contributed by atoms with Crippen LogP contribution in [0.3, 0.4) is 0 Å². The highest BCUT2D eigenvalue weighted by atomic mass is 16.5. The van der Waals surface area contributed by atoms with Gasteiger partial charge in [0.2, 0.25) is 5.91 Å². The Hall–Kier alpha value is -1.18. The number of hydrogen-bond donors (Lipinski definition) is 3. The Bertz CT molecular complexity index is 425. The second kappa shape index (κ2) is 4.98. The molecule has 114 valence electrons. The summed E-state index contributed by atoms with van der Waals surface area (Å²) in [7, 11) is 1.38. The fraction of sp³-hybridized carbons (Fsp3) is 0.846. The van der Waals surface area contributed by atoms with Crippen LogP contribution in [0.15, 0.2) is 0 Å². The summed E-state index contributed by atoms with van der Waals surface area (Å²) in [5.74, 6) is -1.65. The van der Waals surface area contributed by atoms with E-state index in [-0.39, 0.29) is 18.6 Å². The second-order valence-electron chi connectivity index (χ2n) is 6.10. The third-order valence-corrected chi connectivity index (χ3v) is 4.77. The van der Waals surface area contributed by atoms with Crippen molar-refractivity contribution in [2.24, 2.45) is 17.1 Å². The van der Waals surface area contributed by atoms with E-state index in [1.807, 2.05) is 13.8 Å². The molecule has 1 aliphatic heterocycles. The maximum Gasteiger partial charge on any atom is 0.328 e. The lowest BCUT2D eigenvalue weighted by molar-refractivity contribution is -0.177. The SMILES string of the molecule is COCC(NC(=O)C1(N)C2CCOC2C1(C)C)C(=O)O. The molecule has 4 unspecified atom stereocenters. The van der Waals surface area contributed by atoms with Crippen LogP contribution in [0.5, 0.6) is 0 Å². The Labute approximate surface area is 117 Å². The molecule has 0 bridgehead atoms. The predicted octanol–water partition coefficient (Wildman–Crippen LogP) is -0.655. The Morgan fingerprint density at radius 1 is 1.55 bits per heavy atom. The van der Waals surface area contributed by atoms with E-state index in [0.29, 0.717) is 6.61 Å². The van der Waals surface area contributed by atoms with E-state index in [9.17, 15) is 9.59 Å². The maximum atomic E-state index is 12.5. The van der Waals surface area contributed by atoms with E-state index in [1.54, 1.807) is 0 Å². The van der Waals surface area contributed by atoms with Gasteiger partial charge in [-0.15, -0.1) is 0 Å². The summed E-state index contributed by atoms with van der Waals surface area (Å²) in [4.78, 5) is 23.6. The number of methoxy groups -OCH3 is 1. The van der Waals surface area contributed by atoms with Gasteiger partial charge in [-0.3, -0.25) is 4.79 Å². The van der Waals surface area contributed by atoms with Crippen LogP contribution < -0.4 is 11.1 Å². The first-order chi connectivity index (χ1) is 9.26. The van der Waals surface area contributed by atoms with Crippen molar-refractivity contribution in [2.75, 3.05) is 20.3 Å². The molecule has 0 radical (unpaired) electrons. The van der Waals surface area contributed by atoms with Crippen molar-refractivity contribution in [2.45, 2.75) is 38.0 Å². The summed E-state index contributed by atoms with van der Waals surface area (Å²) in [6.45, 7) is 4.25. The van der Waals surface area contributed by atoms with Gasteiger partial charge in [-0.25, -0.2) is 4.79 Å². The molecule has 1 saturated carbocycles. The van der Waals surface area contributed by atoms with Crippen LogP contribution in [0.1, 0.15) is 20.3 Å². The van der Waals surface area contributed by atoms with Gasteiger partial charge in [-0.2, -0.15) is 0 Å². The minimum atomic E-state index is -1.14. The first-order valence-electron chi connectivity index (χ1n) is 6.70. The summed E-state index contributed by atoms with van der Waals surface area (Å²) in [6.07, 6.45) is 0.684. The average molecular weight is 286 g/mol. The molecule has 2 fully saturated rings. The van der Waals surface area contributed by atoms with Crippen LogP contribution in [0.2, 0.25) is 0 Å². The summed E-state index contributed by atoms with van der Waals surface area (Å²) < 4.78 is 10.4. The van der Waals surface area contributed by atoms with Gasteiger partial charge in [0.15, 0.2) is 6.04 Å². The Kier molecular flexibility index (Phi) is 3.79. The van der Waals surface area contributed by atoms with E-state index in [0.717, 1.165) is 6.42 Å². The van der Waals surface area contributed by atoms with Crippen molar-refractivity contribution < 1.29 is 24.2 Å². The third-order valence-electron chi connectivity index (χ3n) is 4.77. The Morgan fingerprint density at radius 2 is 2.20 bits per heavy atom. The molecule has 0 spiro atoms. The number of ether oxygens (including phenoxy) is 2. The highest BCUT2D eigenvalue weighted by Gasteiger charge is 2.71. The minimum Gasteiger partial charge on any atom is -0.480 e. The van der Waals surface area contributed by atoms with E-state index in [4.69, 9.17) is 20.3 Å². The number of carboxylic acid groups (broad SMARTS) is 1. The van der Waals surface area contributed by atoms with Gasteiger partial charge in [0.05, 0.1) is 12.7 Å². The van der Waals surface area contributed by atoms with Crippen molar-refractivity contribution >= 4 is 11.9 Å². The highest BCUT2D eigenvalue weighted by molar-refractivity contribution is 5.92. The maximum absolute atomic E-state index is 12.5. The number of carbonyl (C=O) groups is 2. The molecule has 7 heteroatoms.